The third kappa shape index (κ3) is 4.95. The number of nitrogens with zero attached hydrogens (tertiary/aromatic N) is 2. The van der Waals surface area contributed by atoms with Crippen molar-refractivity contribution in [3.63, 3.8) is 0 Å². The largest absolute Gasteiger partial charge is 0.356 e. The molecule has 6 heteroatoms. The summed E-state index contributed by atoms with van der Waals surface area (Å²) in [4.78, 5) is 19.7. The fourth-order valence-electron chi connectivity index (χ4n) is 1.59. The summed E-state index contributed by atoms with van der Waals surface area (Å²) in [6.07, 6.45) is 5.84. The minimum absolute atomic E-state index is 0.123. The SMILES string of the molecule is CN=C(NCC(=O)Nc1cccnc1)NCC1CC1. The number of amides is 1. The predicted molar refractivity (Wildman–Crippen MR) is 75.0 cm³/mol. The van der Waals surface area contributed by atoms with E-state index in [1.807, 2.05) is 0 Å². The quantitative estimate of drug-likeness (QED) is 0.535. The zero-order valence-electron chi connectivity index (χ0n) is 11.0. The molecule has 0 aliphatic heterocycles. The first kappa shape index (κ1) is 13.3. The van der Waals surface area contributed by atoms with Crippen LogP contribution >= 0.6 is 0 Å². The number of carbonyl (C=O) groups is 1. The smallest absolute Gasteiger partial charge is 0.243 e. The lowest BCUT2D eigenvalue weighted by Crippen LogP contribution is -2.42. The summed E-state index contributed by atoms with van der Waals surface area (Å²) in [6, 6.07) is 3.57. The lowest BCUT2D eigenvalue weighted by Gasteiger charge is -2.11. The molecule has 0 unspecified atom stereocenters. The molecule has 0 bridgehead atoms. The van der Waals surface area contributed by atoms with E-state index in [9.17, 15) is 4.79 Å². The van der Waals surface area contributed by atoms with Gasteiger partial charge in [0.1, 0.15) is 0 Å². The molecule has 1 aliphatic carbocycles. The maximum Gasteiger partial charge on any atom is 0.243 e. The Morgan fingerprint density at radius 1 is 1.47 bits per heavy atom. The molecule has 0 saturated heterocycles. The number of nitrogens with one attached hydrogen (secondary N) is 3. The van der Waals surface area contributed by atoms with Crippen molar-refractivity contribution in [1.82, 2.24) is 15.6 Å². The van der Waals surface area contributed by atoms with E-state index in [1.54, 1.807) is 31.6 Å². The highest BCUT2D eigenvalue weighted by Crippen LogP contribution is 2.27. The monoisotopic (exact) mass is 261 g/mol. The molecule has 102 valence electrons. The summed E-state index contributed by atoms with van der Waals surface area (Å²) in [5.41, 5.74) is 0.690. The molecule has 1 saturated carbocycles. The van der Waals surface area contributed by atoms with Crippen molar-refractivity contribution in [3.8, 4) is 0 Å². The van der Waals surface area contributed by atoms with E-state index in [4.69, 9.17) is 0 Å². The van der Waals surface area contributed by atoms with Gasteiger partial charge in [0.25, 0.3) is 0 Å². The Morgan fingerprint density at radius 3 is 2.95 bits per heavy atom. The molecule has 2 rings (SSSR count). The van der Waals surface area contributed by atoms with Gasteiger partial charge in [0, 0.05) is 19.8 Å². The average Bonchev–Trinajstić information content (AvgIpc) is 3.24. The van der Waals surface area contributed by atoms with Crippen LogP contribution < -0.4 is 16.0 Å². The number of aromatic nitrogens is 1. The third-order valence-corrected chi connectivity index (χ3v) is 2.84. The fraction of sp³-hybridized carbons (Fsp3) is 0.462. The van der Waals surface area contributed by atoms with Gasteiger partial charge in [-0.15, -0.1) is 0 Å². The van der Waals surface area contributed by atoms with Crippen LogP contribution in [0.3, 0.4) is 0 Å². The fourth-order valence-corrected chi connectivity index (χ4v) is 1.59. The van der Waals surface area contributed by atoms with Crippen molar-refractivity contribution in [2.75, 3.05) is 25.5 Å². The van der Waals surface area contributed by atoms with Crippen LogP contribution in [0.2, 0.25) is 0 Å². The topological polar surface area (TPSA) is 78.4 Å². The zero-order valence-corrected chi connectivity index (χ0v) is 11.0. The molecule has 0 spiro atoms. The molecular weight excluding hydrogens is 242 g/mol. The predicted octanol–water partition coefficient (Wildman–Crippen LogP) is 0.595. The first-order valence-corrected chi connectivity index (χ1v) is 6.42. The number of pyridine rings is 1. The van der Waals surface area contributed by atoms with E-state index in [2.05, 4.69) is 25.9 Å². The number of anilines is 1. The molecule has 1 aliphatic rings. The molecular formula is C13H19N5O. The molecule has 1 amide bonds. The highest BCUT2D eigenvalue weighted by molar-refractivity contribution is 5.94. The lowest BCUT2D eigenvalue weighted by atomic mass is 10.4. The van der Waals surface area contributed by atoms with Crippen LogP contribution in [-0.2, 0) is 4.79 Å². The van der Waals surface area contributed by atoms with E-state index >= 15 is 0 Å². The summed E-state index contributed by atoms with van der Waals surface area (Å²) in [5.74, 6) is 1.30. The van der Waals surface area contributed by atoms with Gasteiger partial charge in [-0.1, -0.05) is 0 Å². The molecule has 1 aromatic heterocycles. The van der Waals surface area contributed by atoms with E-state index in [0.29, 0.717) is 11.6 Å². The van der Waals surface area contributed by atoms with E-state index in [0.717, 1.165) is 12.5 Å². The summed E-state index contributed by atoms with van der Waals surface area (Å²) in [6.45, 7) is 1.10. The number of hydrogen-bond donors (Lipinski definition) is 3. The second-order valence-corrected chi connectivity index (χ2v) is 4.54. The number of aliphatic imine (C=N–C) groups is 1. The molecule has 0 aromatic carbocycles. The minimum atomic E-state index is -0.123. The highest BCUT2D eigenvalue weighted by Gasteiger charge is 2.21. The van der Waals surface area contributed by atoms with Gasteiger partial charge in [-0.2, -0.15) is 0 Å². The van der Waals surface area contributed by atoms with Gasteiger partial charge in [0.2, 0.25) is 5.91 Å². The second kappa shape index (κ2) is 6.72. The van der Waals surface area contributed by atoms with Gasteiger partial charge in [-0.3, -0.25) is 14.8 Å². The molecule has 0 radical (unpaired) electrons. The van der Waals surface area contributed by atoms with Crippen LogP contribution in [0.1, 0.15) is 12.8 Å². The molecule has 1 aromatic rings. The third-order valence-electron chi connectivity index (χ3n) is 2.84. The Balaban J connectivity index is 1.69. The van der Waals surface area contributed by atoms with Crippen molar-refractivity contribution in [1.29, 1.82) is 0 Å². The number of hydrogen-bond acceptors (Lipinski definition) is 3. The van der Waals surface area contributed by atoms with Crippen molar-refractivity contribution in [2.45, 2.75) is 12.8 Å². The van der Waals surface area contributed by atoms with E-state index in [1.165, 1.54) is 12.8 Å². The van der Waals surface area contributed by atoms with Gasteiger partial charge in [-0.05, 0) is 30.9 Å². The molecule has 0 atom stereocenters. The van der Waals surface area contributed by atoms with Crippen LogP contribution in [0.4, 0.5) is 5.69 Å². The highest BCUT2D eigenvalue weighted by atomic mass is 16.1. The minimum Gasteiger partial charge on any atom is -0.356 e. The van der Waals surface area contributed by atoms with Gasteiger partial charge in [0.15, 0.2) is 5.96 Å². The van der Waals surface area contributed by atoms with Crippen molar-refractivity contribution in [3.05, 3.63) is 24.5 Å². The Bertz CT molecular complexity index is 442. The van der Waals surface area contributed by atoms with E-state index in [-0.39, 0.29) is 12.5 Å². The van der Waals surface area contributed by atoms with E-state index < -0.39 is 0 Å². The summed E-state index contributed by atoms with van der Waals surface area (Å²) < 4.78 is 0. The standard InChI is InChI=1S/C13H19N5O/c1-14-13(16-7-10-4-5-10)17-9-12(19)18-11-3-2-6-15-8-11/h2-3,6,8,10H,4-5,7,9H2,1H3,(H,18,19)(H2,14,16,17). The number of rotatable bonds is 5. The Labute approximate surface area is 112 Å². The normalized spacial score (nSPS) is 14.9. The van der Waals surface area contributed by atoms with Gasteiger partial charge < -0.3 is 16.0 Å². The van der Waals surface area contributed by atoms with Crippen molar-refractivity contribution in [2.24, 2.45) is 10.9 Å². The molecule has 1 heterocycles. The van der Waals surface area contributed by atoms with Gasteiger partial charge >= 0.3 is 0 Å². The van der Waals surface area contributed by atoms with Crippen molar-refractivity contribution >= 4 is 17.6 Å². The van der Waals surface area contributed by atoms with Crippen LogP contribution in [0.15, 0.2) is 29.5 Å². The second-order valence-electron chi connectivity index (χ2n) is 4.54. The Hall–Kier alpha value is -2.11. The average molecular weight is 261 g/mol. The number of carbonyl (C=O) groups excluding carboxylic acids is 1. The maximum absolute atomic E-state index is 11.7. The molecule has 1 fully saturated rings. The summed E-state index contributed by atoms with van der Waals surface area (Å²) >= 11 is 0. The first-order chi connectivity index (χ1) is 9.28. The lowest BCUT2D eigenvalue weighted by molar-refractivity contribution is -0.115. The zero-order chi connectivity index (χ0) is 13.5. The summed E-state index contributed by atoms with van der Waals surface area (Å²) in [5, 5.41) is 8.93. The molecule has 6 nitrogen and oxygen atoms in total. The van der Waals surface area contributed by atoms with Crippen LogP contribution in [0.5, 0.6) is 0 Å². The summed E-state index contributed by atoms with van der Waals surface area (Å²) in [7, 11) is 1.70. The number of guanidine groups is 1. The molecule has 19 heavy (non-hydrogen) atoms. The van der Waals surface area contributed by atoms with Gasteiger partial charge in [-0.25, -0.2) is 0 Å². The van der Waals surface area contributed by atoms with Gasteiger partial charge in [0.05, 0.1) is 18.4 Å². The van der Waals surface area contributed by atoms with Crippen LogP contribution in [0, 0.1) is 5.92 Å². The Morgan fingerprint density at radius 2 is 2.32 bits per heavy atom. The van der Waals surface area contributed by atoms with Crippen LogP contribution in [-0.4, -0.2) is 37.0 Å². The van der Waals surface area contributed by atoms with Crippen LogP contribution in [0.25, 0.3) is 0 Å². The molecule has 3 N–H and O–H groups in total. The van der Waals surface area contributed by atoms with Crippen molar-refractivity contribution < 1.29 is 4.79 Å². The first-order valence-electron chi connectivity index (χ1n) is 6.42. The Kier molecular flexibility index (Phi) is 4.72. The maximum atomic E-state index is 11.7.